The fourth-order valence-corrected chi connectivity index (χ4v) is 3.19. The zero-order chi connectivity index (χ0) is 23.7. The monoisotopic (exact) mass is 443 g/mol. The fraction of sp³-hybridized carbons (Fsp3) is 0.348. The number of urea groups is 1. The number of carbonyl (C=O) groups is 3. The molecule has 0 aliphatic rings. The lowest BCUT2D eigenvalue weighted by atomic mass is 10.0. The largest absolute Gasteiger partial charge is 0.480 e. The maximum absolute atomic E-state index is 12.7. The van der Waals surface area contributed by atoms with E-state index in [9.17, 15) is 24.6 Å². The molecule has 3 amide bonds. The second kappa shape index (κ2) is 11.8. The Morgan fingerprint density at radius 3 is 2.06 bits per heavy atom. The maximum Gasteiger partial charge on any atom is 0.326 e. The molecule has 9 heteroatoms. The summed E-state index contributed by atoms with van der Waals surface area (Å²) >= 11 is 0. The molecule has 172 valence electrons. The van der Waals surface area contributed by atoms with Crippen molar-refractivity contribution in [1.82, 2.24) is 15.7 Å². The van der Waals surface area contributed by atoms with Crippen LogP contribution in [-0.2, 0) is 16.0 Å². The standard InChI is InChI=1S/C23H29N3O6/c1-15(2)13-26(14-20(27)21(28)25-32)23(31)24-19(22(29)30)12-16-8-10-18(11-9-16)17-6-4-3-5-7-17/h3-11,15,19-20,27,32H,12-14H2,1-2H3,(H,24,31)(H,25,28)(H,29,30)/t19-,20?/m0/s1. The number of benzene rings is 2. The van der Waals surface area contributed by atoms with Crippen LogP contribution in [0.25, 0.3) is 11.1 Å². The van der Waals surface area contributed by atoms with Gasteiger partial charge in [0.25, 0.3) is 5.91 Å². The lowest BCUT2D eigenvalue weighted by molar-refractivity contribution is -0.140. The number of rotatable bonds is 10. The molecule has 0 radical (unpaired) electrons. The van der Waals surface area contributed by atoms with Gasteiger partial charge in [0, 0.05) is 13.0 Å². The minimum absolute atomic E-state index is 0.000975. The molecule has 0 spiro atoms. The van der Waals surface area contributed by atoms with E-state index in [0.29, 0.717) is 0 Å². The predicted molar refractivity (Wildman–Crippen MR) is 118 cm³/mol. The molecule has 2 atom stereocenters. The molecule has 0 aromatic heterocycles. The van der Waals surface area contributed by atoms with Crippen LogP contribution in [0.15, 0.2) is 54.6 Å². The highest BCUT2D eigenvalue weighted by molar-refractivity contribution is 5.84. The van der Waals surface area contributed by atoms with Gasteiger partial charge in [-0.2, -0.15) is 0 Å². The molecule has 0 saturated carbocycles. The van der Waals surface area contributed by atoms with Crippen molar-refractivity contribution in [1.29, 1.82) is 0 Å². The zero-order valence-corrected chi connectivity index (χ0v) is 18.1. The third-order valence-electron chi connectivity index (χ3n) is 4.78. The van der Waals surface area contributed by atoms with Crippen LogP contribution in [-0.4, -0.2) is 63.5 Å². The number of hydrogen-bond donors (Lipinski definition) is 5. The number of nitrogens with one attached hydrogen (secondary N) is 2. The van der Waals surface area contributed by atoms with Crippen LogP contribution in [0.1, 0.15) is 19.4 Å². The first-order chi connectivity index (χ1) is 15.2. The quantitative estimate of drug-likeness (QED) is 0.281. The Morgan fingerprint density at radius 1 is 0.938 bits per heavy atom. The summed E-state index contributed by atoms with van der Waals surface area (Å²) in [5.74, 6) is -2.26. The summed E-state index contributed by atoms with van der Waals surface area (Å²) in [5, 5.41) is 30.6. The predicted octanol–water partition coefficient (Wildman–Crippen LogP) is 1.88. The highest BCUT2D eigenvalue weighted by Crippen LogP contribution is 2.19. The second-order valence-electron chi connectivity index (χ2n) is 7.90. The van der Waals surface area contributed by atoms with E-state index in [0.717, 1.165) is 21.6 Å². The van der Waals surface area contributed by atoms with Gasteiger partial charge in [0.1, 0.15) is 6.04 Å². The van der Waals surface area contributed by atoms with Gasteiger partial charge in [-0.05, 0) is 22.6 Å². The van der Waals surface area contributed by atoms with Crippen molar-refractivity contribution in [3.8, 4) is 11.1 Å². The number of amides is 3. The second-order valence-corrected chi connectivity index (χ2v) is 7.90. The van der Waals surface area contributed by atoms with E-state index in [1.54, 1.807) is 0 Å². The molecule has 0 fully saturated rings. The number of aliphatic carboxylic acids is 1. The lowest BCUT2D eigenvalue weighted by Gasteiger charge is -2.28. The van der Waals surface area contributed by atoms with Gasteiger partial charge in [-0.3, -0.25) is 10.0 Å². The first kappa shape index (κ1) is 24.8. The van der Waals surface area contributed by atoms with Crippen molar-refractivity contribution >= 4 is 17.9 Å². The van der Waals surface area contributed by atoms with Crippen LogP contribution in [0.3, 0.4) is 0 Å². The summed E-state index contributed by atoms with van der Waals surface area (Å²) < 4.78 is 0. The Bertz CT molecular complexity index is 902. The van der Waals surface area contributed by atoms with E-state index < -0.39 is 36.6 Å². The van der Waals surface area contributed by atoms with Gasteiger partial charge in [-0.15, -0.1) is 0 Å². The van der Waals surface area contributed by atoms with E-state index in [4.69, 9.17) is 5.21 Å². The number of carboxylic acid groups (broad SMARTS) is 1. The Labute approximate surface area is 186 Å². The topological polar surface area (TPSA) is 139 Å². The average molecular weight is 444 g/mol. The average Bonchev–Trinajstić information content (AvgIpc) is 2.78. The van der Waals surface area contributed by atoms with E-state index in [1.807, 2.05) is 68.4 Å². The molecule has 1 unspecified atom stereocenters. The summed E-state index contributed by atoms with van der Waals surface area (Å²) in [5.41, 5.74) is 4.09. The Balaban J connectivity index is 2.09. The number of aliphatic hydroxyl groups excluding tert-OH is 1. The van der Waals surface area contributed by atoms with Crippen molar-refractivity contribution in [2.75, 3.05) is 13.1 Å². The Morgan fingerprint density at radius 2 is 1.53 bits per heavy atom. The van der Waals surface area contributed by atoms with E-state index in [1.165, 1.54) is 5.48 Å². The Hall–Kier alpha value is -3.43. The van der Waals surface area contributed by atoms with Crippen LogP contribution < -0.4 is 10.8 Å². The van der Waals surface area contributed by atoms with E-state index in [-0.39, 0.29) is 18.9 Å². The van der Waals surface area contributed by atoms with Crippen molar-refractivity contribution in [3.63, 3.8) is 0 Å². The van der Waals surface area contributed by atoms with Gasteiger partial charge in [-0.1, -0.05) is 68.4 Å². The lowest BCUT2D eigenvalue weighted by Crippen LogP contribution is -2.53. The minimum atomic E-state index is -1.65. The van der Waals surface area contributed by atoms with Crippen molar-refractivity contribution in [3.05, 3.63) is 60.2 Å². The number of carbonyl (C=O) groups excluding carboxylic acids is 2. The van der Waals surface area contributed by atoms with Gasteiger partial charge in [-0.25, -0.2) is 15.1 Å². The van der Waals surface area contributed by atoms with Crippen molar-refractivity contribution < 1.29 is 29.8 Å². The summed E-state index contributed by atoms with van der Waals surface area (Å²) in [6, 6.07) is 15.2. The van der Waals surface area contributed by atoms with Gasteiger partial charge >= 0.3 is 12.0 Å². The maximum atomic E-state index is 12.7. The van der Waals surface area contributed by atoms with Crippen LogP contribution in [0.4, 0.5) is 4.79 Å². The number of hydrogen-bond acceptors (Lipinski definition) is 5. The SMILES string of the molecule is CC(C)CN(CC(O)C(=O)NO)C(=O)N[C@@H](Cc1ccc(-c2ccccc2)cc1)C(=O)O. The molecule has 2 aromatic rings. The molecule has 32 heavy (non-hydrogen) atoms. The summed E-state index contributed by atoms with van der Waals surface area (Å²) in [4.78, 5) is 37.0. The molecule has 2 rings (SSSR count). The third kappa shape index (κ3) is 7.36. The molecule has 5 N–H and O–H groups in total. The molecular formula is C23H29N3O6. The van der Waals surface area contributed by atoms with Gasteiger partial charge < -0.3 is 20.4 Å². The highest BCUT2D eigenvalue weighted by Gasteiger charge is 2.27. The molecule has 0 heterocycles. The molecule has 9 nitrogen and oxygen atoms in total. The van der Waals surface area contributed by atoms with Crippen LogP contribution in [0.5, 0.6) is 0 Å². The molecule has 0 aliphatic carbocycles. The molecule has 2 aromatic carbocycles. The first-order valence-electron chi connectivity index (χ1n) is 10.3. The van der Waals surface area contributed by atoms with Crippen molar-refractivity contribution in [2.24, 2.45) is 5.92 Å². The number of carboxylic acids is 1. The Kier molecular flexibility index (Phi) is 9.18. The minimum Gasteiger partial charge on any atom is -0.480 e. The smallest absolute Gasteiger partial charge is 0.326 e. The summed E-state index contributed by atoms with van der Waals surface area (Å²) in [6.45, 7) is 3.46. The highest BCUT2D eigenvalue weighted by atomic mass is 16.5. The van der Waals surface area contributed by atoms with Gasteiger partial charge in [0.05, 0.1) is 6.54 Å². The third-order valence-corrected chi connectivity index (χ3v) is 4.78. The van der Waals surface area contributed by atoms with Crippen LogP contribution >= 0.6 is 0 Å². The van der Waals surface area contributed by atoms with E-state index >= 15 is 0 Å². The molecule has 0 bridgehead atoms. The van der Waals surface area contributed by atoms with Crippen molar-refractivity contribution in [2.45, 2.75) is 32.4 Å². The van der Waals surface area contributed by atoms with Crippen LogP contribution in [0, 0.1) is 5.92 Å². The fourth-order valence-electron chi connectivity index (χ4n) is 3.19. The normalized spacial score (nSPS) is 12.7. The molecular weight excluding hydrogens is 414 g/mol. The van der Waals surface area contributed by atoms with Gasteiger partial charge in [0.2, 0.25) is 0 Å². The zero-order valence-electron chi connectivity index (χ0n) is 18.1. The molecule has 0 aliphatic heterocycles. The van der Waals surface area contributed by atoms with E-state index in [2.05, 4.69) is 5.32 Å². The number of hydroxylamine groups is 1. The first-order valence-corrected chi connectivity index (χ1v) is 10.3. The van der Waals surface area contributed by atoms with Gasteiger partial charge in [0.15, 0.2) is 6.10 Å². The summed E-state index contributed by atoms with van der Waals surface area (Å²) in [6.07, 6.45) is -1.59. The number of nitrogens with zero attached hydrogens (tertiary/aromatic N) is 1. The number of aliphatic hydroxyl groups is 1. The molecule has 0 saturated heterocycles. The summed E-state index contributed by atoms with van der Waals surface area (Å²) in [7, 11) is 0. The van der Waals surface area contributed by atoms with Crippen LogP contribution in [0.2, 0.25) is 0 Å².